The Hall–Kier alpha value is -3.47. The van der Waals surface area contributed by atoms with Crippen molar-refractivity contribution >= 4 is 11.6 Å². The second-order valence-electron chi connectivity index (χ2n) is 8.05. The molecular formula is C25H24N4O. The van der Waals surface area contributed by atoms with Gasteiger partial charge in [-0.15, -0.1) is 0 Å². The Morgan fingerprint density at radius 3 is 2.40 bits per heavy atom. The number of nitrogens with zero attached hydrogens (tertiary/aromatic N) is 4. The Balaban J connectivity index is 1.68. The number of amides is 1. The van der Waals surface area contributed by atoms with Crippen molar-refractivity contribution in [3.05, 3.63) is 78.5 Å². The van der Waals surface area contributed by atoms with Gasteiger partial charge in [-0.1, -0.05) is 67.6 Å². The molecule has 1 fully saturated rings. The lowest BCUT2D eigenvalue weighted by atomic mass is 10.00. The molecular weight excluding hydrogens is 372 g/mol. The Morgan fingerprint density at radius 2 is 1.70 bits per heavy atom. The number of likely N-dealkylation sites (tertiary alicyclic amines) is 1. The van der Waals surface area contributed by atoms with Crippen LogP contribution in [-0.2, 0) is 0 Å². The van der Waals surface area contributed by atoms with Gasteiger partial charge in [0.1, 0.15) is 5.56 Å². The molecule has 1 saturated heterocycles. The maximum Gasteiger partial charge on any atom is 0.259 e. The zero-order chi connectivity index (χ0) is 20.5. The normalized spacial score (nSPS) is 16.7. The van der Waals surface area contributed by atoms with E-state index in [1.165, 1.54) is 6.42 Å². The summed E-state index contributed by atoms with van der Waals surface area (Å²) >= 11 is 0. The Morgan fingerprint density at radius 1 is 1.00 bits per heavy atom. The Kier molecular flexibility index (Phi) is 4.79. The average Bonchev–Trinajstić information content (AvgIpc) is 3.23. The fourth-order valence-electron chi connectivity index (χ4n) is 4.23. The van der Waals surface area contributed by atoms with E-state index < -0.39 is 0 Å². The summed E-state index contributed by atoms with van der Waals surface area (Å²) < 4.78 is 1.79. The third-order valence-electron chi connectivity index (χ3n) is 5.79. The summed E-state index contributed by atoms with van der Waals surface area (Å²) in [6, 6.07) is 22.2. The van der Waals surface area contributed by atoms with Crippen LogP contribution in [0.2, 0.25) is 0 Å². The van der Waals surface area contributed by atoms with Crippen LogP contribution in [0.4, 0.5) is 0 Å². The summed E-state index contributed by atoms with van der Waals surface area (Å²) in [5.74, 6) is 0.547. The zero-order valence-corrected chi connectivity index (χ0v) is 17.0. The minimum atomic E-state index is 0.0215. The van der Waals surface area contributed by atoms with Crippen LogP contribution in [0.25, 0.3) is 28.2 Å². The Labute approximate surface area is 176 Å². The molecule has 1 atom stereocenters. The lowest BCUT2D eigenvalue weighted by Gasteiger charge is -2.30. The van der Waals surface area contributed by atoms with Crippen molar-refractivity contribution in [2.45, 2.75) is 19.8 Å². The smallest absolute Gasteiger partial charge is 0.259 e. The van der Waals surface area contributed by atoms with Gasteiger partial charge in [-0.2, -0.15) is 5.10 Å². The minimum Gasteiger partial charge on any atom is -0.338 e. The van der Waals surface area contributed by atoms with Gasteiger partial charge in [-0.05, 0) is 24.8 Å². The number of carbonyl (C=O) groups is 1. The first-order valence-corrected chi connectivity index (χ1v) is 10.5. The summed E-state index contributed by atoms with van der Waals surface area (Å²) in [5.41, 5.74) is 4.99. The maximum absolute atomic E-state index is 13.3. The number of hydrogen-bond acceptors (Lipinski definition) is 3. The number of aromatic nitrogens is 3. The average molecular weight is 396 g/mol. The summed E-state index contributed by atoms with van der Waals surface area (Å²) in [4.78, 5) is 20.2. The predicted molar refractivity (Wildman–Crippen MR) is 118 cm³/mol. The van der Waals surface area contributed by atoms with E-state index >= 15 is 0 Å². The summed E-state index contributed by atoms with van der Waals surface area (Å²) in [5, 5.41) is 4.57. The summed E-state index contributed by atoms with van der Waals surface area (Å²) in [6.45, 7) is 3.79. The van der Waals surface area contributed by atoms with Crippen molar-refractivity contribution in [3.63, 3.8) is 0 Å². The van der Waals surface area contributed by atoms with Crippen molar-refractivity contribution < 1.29 is 4.79 Å². The molecule has 2 aromatic heterocycles. The lowest BCUT2D eigenvalue weighted by molar-refractivity contribution is 0.0685. The standard InChI is InChI=1S/C25H24N4O/c1-18-9-8-14-28(17-18)25(30)21-16-26-29-23(20-12-6-3-7-13-20)15-22(27-24(21)29)19-10-4-2-5-11-19/h2-7,10-13,15-16,18H,8-9,14,17H2,1H3/t18-/m1/s1. The molecule has 0 unspecified atom stereocenters. The second-order valence-corrected chi connectivity index (χ2v) is 8.05. The van der Waals surface area contributed by atoms with Crippen molar-refractivity contribution in [1.29, 1.82) is 0 Å². The molecule has 0 saturated carbocycles. The van der Waals surface area contributed by atoms with Crippen LogP contribution in [0.15, 0.2) is 72.9 Å². The number of rotatable bonds is 3. The van der Waals surface area contributed by atoms with Crippen LogP contribution in [0.5, 0.6) is 0 Å². The highest BCUT2D eigenvalue weighted by Crippen LogP contribution is 2.28. The van der Waals surface area contributed by atoms with E-state index in [1.807, 2.05) is 59.5 Å². The number of piperidine rings is 1. The SMILES string of the molecule is C[C@@H]1CCCN(C(=O)c2cnn3c(-c4ccccc4)cc(-c4ccccc4)nc23)C1. The van der Waals surface area contributed by atoms with Gasteiger partial charge in [-0.3, -0.25) is 4.79 Å². The quantitative estimate of drug-likeness (QED) is 0.493. The van der Waals surface area contributed by atoms with E-state index in [4.69, 9.17) is 4.98 Å². The van der Waals surface area contributed by atoms with Gasteiger partial charge >= 0.3 is 0 Å². The molecule has 4 aromatic rings. The minimum absolute atomic E-state index is 0.0215. The van der Waals surface area contributed by atoms with Gasteiger partial charge < -0.3 is 4.90 Å². The molecule has 1 aliphatic heterocycles. The van der Waals surface area contributed by atoms with Crippen molar-refractivity contribution in [2.75, 3.05) is 13.1 Å². The third kappa shape index (κ3) is 3.36. The highest BCUT2D eigenvalue weighted by molar-refractivity contribution is 6.00. The molecule has 0 bridgehead atoms. The van der Waals surface area contributed by atoms with E-state index in [0.717, 1.165) is 42.0 Å². The van der Waals surface area contributed by atoms with Crippen LogP contribution in [0.1, 0.15) is 30.1 Å². The van der Waals surface area contributed by atoms with E-state index in [9.17, 15) is 4.79 Å². The second kappa shape index (κ2) is 7.75. The highest BCUT2D eigenvalue weighted by Gasteiger charge is 2.26. The molecule has 1 amide bonds. The molecule has 0 radical (unpaired) electrons. The van der Waals surface area contributed by atoms with Crippen molar-refractivity contribution in [2.24, 2.45) is 5.92 Å². The molecule has 0 aliphatic carbocycles. The molecule has 30 heavy (non-hydrogen) atoms. The van der Waals surface area contributed by atoms with E-state index in [2.05, 4.69) is 24.2 Å². The van der Waals surface area contributed by atoms with E-state index in [-0.39, 0.29) is 5.91 Å². The number of hydrogen-bond donors (Lipinski definition) is 0. The first-order valence-electron chi connectivity index (χ1n) is 10.5. The first kappa shape index (κ1) is 18.6. The molecule has 5 nitrogen and oxygen atoms in total. The van der Waals surface area contributed by atoms with E-state index in [1.54, 1.807) is 10.7 Å². The molecule has 150 valence electrons. The fraction of sp³-hybridized carbons (Fsp3) is 0.240. The van der Waals surface area contributed by atoms with Crippen molar-refractivity contribution in [3.8, 4) is 22.5 Å². The molecule has 5 rings (SSSR count). The molecule has 3 heterocycles. The number of carbonyl (C=O) groups excluding carboxylic acids is 1. The largest absolute Gasteiger partial charge is 0.338 e. The monoisotopic (exact) mass is 396 g/mol. The highest BCUT2D eigenvalue weighted by atomic mass is 16.2. The maximum atomic E-state index is 13.3. The van der Waals surface area contributed by atoms with Gasteiger partial charge in [-0.25, -0.2) is 9.50 Å². The molecule has 0 N–H and O–H groups in total. The molecule has 0 spiro atoms. The van der Waals surface area contributed by atoms with Gasteiger partial charge in [0.25, 0.3) is 5.91 Å². The number of fused-ring (bicyclic) bond motifs is 1. The van der Waals surface area contributed by atoms with Gasteiger partial charge in [0.2, 0.25) is 0 Å². The number of benzene rings is 2. The fourth-order valence-corrected chi connectivity index (χ4v) is 4.23. The van der Waals surface area contributed by atoms with Gasteiger partial charge in [0.15, 0.2) is 5.65 Å². The van der Waals surface area contributed by atoms with Crippen LogP contribution >= 0.6 is 0 Å². The van der Waals surface area contributed by atoms with Gasteiger partial charge in [0, 0.05) is 24.2 Å². The summed E-state index contributed by atoms with van der Waals surface area (Å²) in [6.07, 6.45) is 3.89. The van der Waals surface area contributed by atoms with Gasteiger partial charge in [0.05, 0.1) is 17.6 Å². The van der Waals surface area contributed by atoms with E-state index in [0.29, 0.717) is 17.1 Å². The third-order valence-corrected chi connectivity index (χ3v) is 5.79. The lowest BCUT2D eigenvalue weighted by Crippen LogP contribution is -2.39. The van der Waals surface area contributed by atoms with Crippen molar-refractivity contribution in [1.82, 2.24) is 19.5 Å². The first-order chi connectivity index (χ1) is 14.7. The topological polar surface area (TPSA) is 50.5 Å². The molecule has 2 aromatic carbocycles. The summed E-state index contributed by atoms with van der Waals surface area (Å²) in [7, 11) is 0. The van der Waals surface area contributed by atoms with Crippen LogP contribution in [-0.4, -0.2) is 38.5 Å². The van der Waals surface area contributed by atoms with Crippen LogP contribution < -0.4 is 0 Å². The van der Waals surface area contributed by atoms with Crippen LogP contribution in [0.3, 0.4) is 0 Å². The molecule has 5 heteroatoms. The predicted octanol–water partition coefficient (Wildman–Crippen LogP) is 4.94. The molecule has 1 aliphatic rings. The van der Waals surface area contributed by atoms with Crippen LogP contribution in [0, 0.1) is 5.92 Å². The Bertz CT molecular complexity index is 1180. The zero-order valence-electron chi connectivity index (χ0n) is 17.0.